The van der Waals surface area contributed by atoms with Crippen molar-refractivity contribution in [3.8, 4) is 0 Å². The lowest BCUT2D eigenvalue weighted by Gasteiger charge is -2.23. The van der Waals surface area contributed by atoms with Gasteiger partial charge in [0.2, 0.25) is 5.91 Å². The van der Waals surface area contributed by atoms with E-state index in [1.165, 1.54) is 5.56 Å². The number of ether oxygens (including phenoxy) is 1. The standard InChI is InChI=1S/C21H23N3O3/c25-20(13-18-14-27-12-10-22-18)23-17-7-5-16(6-8-17)21(26)24-11-9-15-3-1-2-4-19(15)24/h1-8,18,22H,9-14H2,(H,23,25). The molecule has 2 heterocycles. The molecule has 0 radical (unpaired) electrons. The molecule has 6 nitrogen and oxygen atoms in total. The highest BCUT2D eigenvalue weighted by Gasteiger charge is 2.25. The molecule has 0 bridgehead atoms. The molecule has 0 aliphatic carbocycles. The predicted molar refractivity (Wildman–Crippen MR) is 104 cm³/mol. The van der Waals surface area contributed by atoms with Gasteiger partial charge in [0.15, 0.2) is 0 Å². The fraction of sp³-hybridized carbons (Fsp3) is 0.333. The van der Waals surface area contributed by atoms with E-state index < -0.39 is 0 Å². The number of benzene rings is 2. The van der Waals surface area contributed by atoms with Crippen LogP contribution in [-0.4, -0.2) is 44.2 Å². The van der Waals surface area contributed by atoms with Crippen molar-refractivity contribution in [2.75, 3.05) is 36.5 Å². The van der Waals surface area contributed by atoms with Gasteiger partial charge in [-0.3, -0.25) is 9.59 Å². The van der Waals surface area contributed by atoms with Crippen LogP contribution in [-0.2, 0) is 16.0 Å². The van der Waals surface area contributed by atoms with E-state index in [9.17, 15) is 9.59 Å². The summed E-state index contributed by atoms with van der Waals surface area (Å²) in [7, 11) is 0. The van der Waals surface area contributed by atoms with Crippen LogP contribution in [0.5, 0.6) is 0 Å². The van der Waals surface area contributed by atoms with Gasteiger partial charge in [-0.05, 0) is 42.3 Å². The number of para-hydroxylation sites is 1. The Balaban J connectivity index is 1.37. The molecule has 0 saturated carbocycles. The van der Waals surface area contributed by atoms with Crippen LogP contribution in [0.4, 0.5) is 11.4 Å². The van der Waals surface area contributed by atoms with Crippen LogP contribution in [0.2, 0.25) is 0 Å². The summed E-state index contributed by atoms with van der Waals surface area (Å²) in [5.74, 6) is -0.0769. The molecular formula is C21H23N3O3. The van der Waals surface area contributed by atoms with Crippen molar-refractivity contribution in [3.63, 3.8) is 0 Å². The van der Waals surface area contributed by atoms with Gasteiger partial charge in [0.1, 0.15) is 0 Å². The Morgan fingerprint density at radius 1 is 1.15 bits per heavy atom. The molecule has 0 spiro atoms. The molecule has 2 amide bonds. The van der Waals surface area contributed by atoms with Crippen molar-refractivity contribution in [1.82, 2.24) is 5.32 Å². The zero-order valence-electron chi connectivity index (χ0n) is 15.1. The molecule has 2 N–H and O–H groups in total. The topological polar surface area (TPSA) is 70.7 Å². The van der Waals surface area contributed by atoms with Crippen LogP contribution >= 0.6 is 0 Å². The first-order valence-corrected chi connectivity index (χ1v) is 9.31. The number of hydrogen-bond donors (Lipinski definition) is 2. The van der Waals surface area contributed by atoms with E-state index >= 15 is 0 Å². The van der Waals surface area contributed by atoms with Crippen molar-refractivity contribution in [3.05, 3.63) is 59.7 Å². The van der Waals surface area contributed by atoms with E-state index in [1.807, 2.05) is 23.1 Å². The zero-order valence-corrected chi connectivity index (χ0v) is 15.1. The lowest BCUT2D eigenvalue weighted by molar-refractivity contribution is -0.117. The lowest BCUT2D eigenvalue weighted by atomic mass is 10.1. The number of amides is 2. The van der Waals surface area contributed by atoms with Crippen LogP contribution in [0.25, 0.3) is 0 Å². The molecule has 1 unspecified atom stereocenters. The molecule has 6 heteroatoms. The van der Waals surface area contributed by atoms with Gasteiger partial charge in [0.25, 0.3) is 5.91 Å². The molecule has 27 heavy (non-hydrogen) atoms. The number of carbonyl (C=O) groups excluding carboxylic acids is 2. The second-order valence-electron chi connectivity index (χ2n) is 6.89. The molecule has 1 saturated heterocycles. The first-order chi connectivity index (χ1) is 13.2. The van der Waals surface area contributed by atoms with E-state index in [4.69, 9.17) is 4.74 Å². The number of morpholine rings is 1. The third kappa shape index (κ3) is 4.02. The van der Waals surface area contributed by atoms with E-state index in [2.05, 4.69) is 16.7 Å². The monoisotopic (exact) mass is 365 g/mol. The minimum Gasteiger partial charge on any atom is -0.378 e. The van der Waals surface area contributed by atoms with Crippen LogP contribution in [0.1, 0.15) is 22.3 Å². The Labute approximate surface area is 158 Å². The summed E-state index contributed by atoms with van der Waals surface area (Å²) in [6.45, 7) is 2.72. The second kappa shape index (κ2) is 7.90. The van der Waals surface area contributed by atoms with Crippen LogP contribution in [0.3, 0.4) is 0 Å². The van der Waals surface area contributed by atoms with Crippen LogP contribution in [0, 0.1) is 0 Å². The summed E-state index contributed by atoms with van der Waals surface area (Å²) in [5, 5.41) is 6.14. The Morgan fingerprint density at radius 2 is 1.96 bits per heavy atom. The molecule has 2 aromatic rings. The lowest BCUT2D eigenvalue weighted by Crippen LogP contribution is -2.43. The van der Waals surface area contributed by atoms with Gasteiger partial charge in [0.05, 0.1) is 13.2 Å². The Hall–Kier alpha value is -2.70. The zero-order chi connectivity index (χ0) is 18.6. The summed E-state index contributed by atoms with van der Waals surface area (Å²) >= 11 is 0. The van der Waals surface area contributed by atoms with Gasteiger partial charge in [0, 0.05) is 42.5 Å². The van der Waals surface area contributed by atoms with Gasteiger partial charge in [-0.1, -0.05) is 18.2 Å². The van der Waals surface area contributed by atoms with Crippen LogP contribution < -0.4 is 15.5 Å². The Bertz CT molecular complexity index is 829. The van der Waals surface area contributed by atoms with Crippen molar-refractivity contribution < 1.29 is 14.3 Å². The van der Waals surface area contributed by atoms with Crippen molar-refractivity contribution >= 4 is 23.2 Å². The fourth-order valence-electron chi connectivity index (χ4n) is 3.59. The number of nitrogens with zero attached hydrogens (tertiary/aromatic N) is 1. The first kappa shape index (κ1) is 17.7. The van der Waals surface area contributed by atoms with Gasteiger partial charge in [-0.15, -0.1) is 0 Å². The summed E-state index contributed by atoms with van der Waals surface area (Å²) in [4.78, 5) is 26.8. The van der Waals surface area contributed by atoms with E-state index in [0.29, 0.717) is 37.4 Å². The largest absolute Gasteiger partial charge is 0.378 e. The third-order valence-electron chi connectivity index (χ3n) is 4.98. The number of carbonyl (C=O) groups is 2. The Morgan fingerprint density at radius 3 is 2.74 bits per heavy atom. The molecule has 140 valence electrons. The second-order valence-corrected chi connectivity index (χ2v) is 6.89. The molecule has 1 atom stereocenters. The maximum Gasteiger partial charge on any atom is 0.258 e. The molecule has 4 rings (SSSR count). The third-order valence-corrected chi connectivity index (χ3v) is 4.98. The Kier molecular flexibility index (Phi) is 5.18. The highest BCUT2D eigenvalue weighted by Crippen LogP contribution is 2.29. The molecule has 2 aliphatic heterocycles. The molecular weight excluding hydrogens is 342 g/mol. The number of rotatable bonds is 4. The average Bonchev–Trinajstić information content (AvgIpc) is 3.13. The summed E-state index contributed by atoms with van der Waals surface area (Å²) < 4.78 is 5.36. The van der Waals surface area contributed by atoms with Crippen LogP contribution in [0.15, 0.2) is 48.5 Å². The van der Waals surface area contributed by atoms with E-state index in [-0.39, 0.29) is 17.9 Å². The van der Waals surface area contributed by atoms with Crippen molar-refractivity contribution in [2.24, 2.45) is 0 Å². The van der Waals surface area contributed by atoms with Crippen molar-refractivity contribution in [1.29, 1.82) is 0 Å². The number of fused-ring (bicyclic) bond motifs is 1. The van der Waals surface area contributed by atoms with Gasteiger partial charge < -0.3 is 20.3 Å². The minimum atomic E-state index is -0.0643. The van der Waals surface area contributed by atoms with E-state index in [1.54, 1.807) is 24.3 Å². The predicted octanol–water partition coefficient (Wildman–Crippen LogP) is 2.21. The van der Waals surface area contributed by atoms with Crippen molar-refractivity contribution in [2.45, 2.75) is 18.9 Å². The fourth-order valence-corrected chi connectivity index (χ4v) is 3.59. The number of anilines is 2. The number of hydrogen-bond acceptors (Lipinski definition) is 4. The van der Waals surface area contributed by atoms with Gasteiger partial charge >= 0.3 is 0 Å². The average molecular weight is 365 g/mol. The number of nitrogens with one attached hydrogen (secondary N) is 2. The highest BCUT2D eigenvalue weighted by molar-refractivity contribution is 6.07. The SMILES string of the molecule is O=C(CC1COCCN1)Nc1ccc(C(=O)N2CCc3ccccc32)cc1. The maximum atomic E-state index is 12.8. The summed E-state index contributed by atoms with van der Waals surface area (Å²) in [6, 6.07) is 15.1. The maximum absolute atomic E-state index is 12.8. The van der Waals surface area contributed by atoms with E-state index in [0.717, 1.165) is 18.7 Å². The normalized spacial score (nSPS) is 18.8. The summed E-state index contributed by atoms with van der Waals surface area (Å²) in [6.07, 6.45) is 1.25. The smallest absolute Gasteiger partial charge is 0.258 e. The summed E-state index contributed by atoms with van der Waals surface area (Å²) in [5.41, 5.74) is 3.50. The molecule has 1 fully saturated rings. The first-order valence-electron chi connectivity index (χ1n) is 9.31. The van der Waals surface area contributed by atoms with Gasteiger partial charge in [-0.2, -0.15) is 0 Å². The quantitative estimate of drug-likeness (QED) is 0.872. The van der Waals surface area contributed by atoms with Gasteiger partial charge in [-0.25, -0.2) is 0 Å². The molecule has 0 aromatic heterocycles. The molecule has 2 aliphatic rings. The minimum absolute atomic E-state index is 0.0126. The molecule has 2 aromatic carbocycles. The highest BCUT2D eigenvalue weighted by atomic mass is 16.5.